The summed E-state index contributed by atoms with van der Waals surface area (Å²) in [4.78, 5) is 12.9. The molecule has 0 saturated heterocycles. The molecule has 2 rings (SSSR count). The lowest BCUT2D eigenvalue weighted by Gasteiger charge is -2.05. The first-order chi connectivity index (χ1) is 8.65. The van der Waals surface area contributed by atoms with Crippen LogP contribution < -0.4 is 5.32 Å². The van der Waals surface area contributed by atoms with Crippen LogP contribution in [0.15, 0.2) is 35.7 Å². The molecule has 94 valence electrons. The van der Waals surface area contributed by atoms with Gasteiger partial charge in [-0.2, -0.15) is 0 Å². The molecule has 0 spiro atoms. The highest BCUT2D eigenvalue weighted by atomic mass is 35.5. The molecular formula is C13H11Cl2NOS. The van der Waals surface area contributed by atoms with Crippen molar-refractivity contribution < 1.29 is 4.79 Å². The van der Waals surface area contributed by atoms with E-state index in [9.17, 15) is 4.79 Å². The topological polar surface area (TPSA) is 29.1 Å². The molecule has 1 aromatic heterocycles. The summed E-state index contributed by atoms with van der Waals surface area (Å²) in [5.74, 6) is -0.0261. The Labute approximate surface area is 120 Å². The van der Waals surface area contributed by atoms with Gasteiger partial charge in [0.1, 0.15) is 0 Å². The molecule has 0 aliphatic heterocycles. The number of carbonyl (C=O) groups is 1. The molecule has 2 aromatic rings. The van der Waals surface area contributed by atoms with Crippen molar-refractivity contribution in [3.8, 4) is 0 Å². The van der Waals surface area contributed by atoms with Crippen molar-refractivity contribution in [3.63, 3.8) is 0 Å². The van der Waals surface area contributed by atoms with Crippen LogP contribution in [0.25, 0.3) is 0 Å². The summed E-state index contributed by atoms with van der Waals surface area (Å²) in [5, 5.41) is 5.72. The van der Waals surface area contributed by atoms with E-state index >= 15 is 0 Å². The van der Waals surface area contributed by atoms with Gasteiger partial charge in [-0.1, -0.05) is 29.3 Å². The zero-order chi connectivity index (χ0) is 13.0. The summed E-state index contributed by atoms with van der Waals surface area (Å²) in [6.07, 6.45) is 1.21. The number of benzene rings is 1. The molecule has 0 bridgehead atoms. The maximum atomic E-state index is 11.7. The summed E-state index contributed by atoms with van der Waals surface area (Å²) >= 11 is 13.3. The van der Waals surface area contributed by atoms with Gasteiger partial charge in [0.05, 0.1) is 10.0 Å². The lowest BCUT2D eigenvalue weighted by atomic mass is 10.2. The van der Waals surface area contributed by atoms with Gasteiger partial charge in [-0.3, -0.25) is 4.79 Å². The number of hydrogen-bond acceptors (Lipinski definition) is 2. The summed E-state index contributed by atoms with van der Waals surface area (Å²) in [6.45, 7) is 0. The Morgan fingerprint density at radius 2 is 2.06 bits per heavy atom. The van der Waals surface area contributed by atoms with E-state index in [2.05, 4.69) is 5.32 Å². The maximum Gasteiger partial charge on any atom is 0.224 e. The van der Waals surface area contributed by atoms with Crippen LogP contribution in [0, 0.1) is 0 Å². The normalized spacial score (nSPS) is 10.3. The van der Waals surface area contributed by atoms with Crippen LogP contribution in [-0.4, -0.2) is 5.91 Å². The van der Waals surface area contributed by atoms with Gasteiger partial charge in [0.15, 0.2) is 0 Å². The van der Waals surface area contributed by atoms with Gasteiger partial charge < -0.3 is 5.32 Å². The Hall–Kier alpha value is -1.03. The quantitative estimate of drug-likeness (QED) is 0.876. The minimum absolute atomic E-state index is 0.0261. The smallest absolute Gasteiger partial charge is 0.224 e. The lowest BCUT2D eigenvalue weighted by Crippen LogP contribution is -2.11. The highest BCUT2D eigenvalue weighted by molar-refractivity contribution is 7.09. The second kappa shape index (κ2) is 6.23. The Morgan fingerprint density at radius 3 is 2.72 bits per heavy atom. The zero-order valence-electron chi connectivity index (χ0n) is 9.45. The maximum absolute atomic E-state index is 11.7. The van der Waals surface area contributed by atoms with Gasteiger partial charge in [-0.15, -0.1) is 11.3 Å². The number of rotatable bonds is 4. The summed E-state index contributed by atoms with van der Waals surface area (Å²) in [5.41, 5.74) is 0.667. The van der Waals surface area contributed by atoms with Gasteiger partial charge in [-0.25, -0.2) is 0 Å². The molecule has 0 radical (unpaired) electrons. The van der Waals surface area contributed by atoms with Crippen LogP contribution in [0.3, 0.4) is 0 Å². The van der Waals surface area contributed by atoms with Crippen LogP contribution in [0.2, 0.25) is 10.0 Å². The molecule has 0 fully saturated rings. The predicted molar refractivity (Wildman–Crippen MR) is 77.7 cm³/mol. The van der Waals surface area contributed by atoms with Crippen LogP contribution in [0.4, 0.5) is 5.69 Å². The number of halogens is 2. The van der Waals surface area contributed by atoms with Gasteiger partial charge in [-0.05, 0) is 36.1 Å². The summed E-state index contributed by atoms with van der Waals surface area (Å²) in [6, 6.07) is 9.05. The number of anilines is 1. The SMILES string of the molecule is O=C(CCc1cccs1)Nc1ccc(Cl)c(Cl)c1. The molecule has 0 unspecified atom stereocenters. The Bertz CT molecular complexity index is 540. The van der Waals surface area contributed by atoms with E-state index in [1.165, 1.54) is 4.88 Å². The Kier molecular flexibility index (Phi) is 4.64. The minimum atomic E-state index is -0.0261. The lowest BCUT2D eigenvalue weighted by molar-refractivity contribution is -0.116. The molecule has 1 heterocycles. The van der Waals surface area contributed by atoms with E-state index in [1.807, 2.05) is 17.5 Å². The third-order valence-electron chi connectivity index (χ3n) is 2.38. The Balaban J connectivity index is 1.88. The van der Waals surface area contributed by atoms with Crippen molar-refractivity contribution >= 4 is 46.1 Å². The predicted octanol–water partition coefficient (Wildman–Crippen LogP) is 4.63. The van der Waals surface area contributed by atoms with Crippen LogP contribution in [0.1, 0.15) is 11.3 Å². The first-order valence-corrected chi connectivity index (χ1v) is 7.06. The van der Waals surface area contributed by atoms with Crippen LogP contribution in [0.5, 0.6) is 0 Å². The van der Waals surface area contributed by atoms with Crippen LogP contribution >= 0.6 is 34.5 Å². The number of nitrogens with one attached hydrogen (secondary N) is 1. The molecule has 0 aliphatic rings. The third-order valence-corrected chi connectivity index (χ3v) is 4.06. The average molecular weight is 300 g/mol. The minimum Gasteiger partial charge on any atom is -0.326 e. The molecule has 0 aliphatic carbocycles. The van der Waals surface area contributed by atoms with Crippen molar-refractivity contribution in [2.45, 2.75) is 12.8 Å². The molecule has 5 heteroatoms. The van der Waals surface area contributed by atoms with E-state index in [-0.39, 0.29) is 5.91 Å². The second-order valence-electron chi connectivity index (χ2n) is 3.76. The van der Waals surface area contributed by atoms with Gasteiger partial charge in [0.2, 0.25) is 5.91 Å². The van der Waals surface area contributed by atoms with Crippen molar-refractivity contribution in [2.24, 2.45) is 0 Å². The summed E-state index contributed by atoms with van der Waals surface area (Å²) in [7, 11) is 0. The fourth-order valence-corrected chi connectivity index (χ4v) is 2.50. The van der Waals surface area contributed by atoms with Crippen molar-refractivity contribution in [3.05, 3.63) is 50.6 Å². The number of aryl methyl sites for hydroxylation is 1. The van der Waals surface area contributed by atoms with Gasteiger partial charge in [0, 0.05) is 17.0 Å². The molecule has 18 heavy (non-hydrogen) atoms. The van der Waals surface area contributed by atoms with Crippen molar-refractivity contribution in [1.82, 2.24) is 0 Å². The van der Waals surface area contributed by atoms with E-state index in [4.69, 9.17) is 23.2 Å². The number of amides is 1. The zero-order valence-corrected chi connectivity index (χ0v) is 11.8. The summed E-state index contributed by atoms with van der Waals surface area (Å²) < 4.78 is 0. The molecule has 1 aromatic carbocycles. The highest BCUT2D eigenvalue weighted by Crippen LogP contribution is 2.25. The molecule has 0 atom stereocenters. The first-order valence-electron chi connectivity index (χ1n) is 5.42. The molecule has 0 saturated carbocycles. The monoisotopic (exact) mass is 299 g/mol. The van der Waals surface area contributed by atoms with E-state index in [0.717, 1.165) is 6.42 Å². The number of hydrogen-bond donors (Lipinski definition) is 1. The average Bonchev–Trinajstić information content (AvgIpc) is 2.84. The van der Waals surface area contributed by atoms with E-state index < -0.39 is 0 Å². The van der Waals surface area contributed by atoms with Gasteiger partial charge in [0.25, 0.3) is 0 Å². The molecular weight excluding hydrogens is 289 g/mol. The fraction of sp³-hybridized carbons (Fsp3) is 0.154. The molecule has 1 N–H and O–H groups in total. The molecule has 1 amide bonds. The van der Waals surface area contributed by atoms with Gasteiger partial charge >= 0.3 is 0 Å². The first kappa shape index (κ1) is 13.4. The standard InChI is InChI=1S/C13H11Cl2NOS/c14-11-5-3-9(8-12(11)15)16-13(17)6-4-10-2-1-7-18-10/h1-3,5,7-8H,4,6H2,(H,16,17). The largest absolute Gasteiger partial charge is 0.326 e. The highest BCUT2D eigenvalue weighted by Gasteiger charge is 2.05. The number of thiophene rings is 1. The van der Waals surface area contributed by atoms with E-state index in [1.54, 1.807) is 29.5 Å². The van der Waals surface area contributed by atoms with E-state index in [0.29, 0.717) is 22.2 Å². The molecule has 2 nitrogen and oxygen atoms in total. The fourth-order valence-electron chi connectivity index (χ4n) is 1.49. The van der Waals surface area contributed by atoms with Crippen molar-refractivity contribution in [2.75, 3.05) is 5.32 Å². The second-order valence-corrected chi connectivity index (χ2v) is 5.60. The van der Waals surface area contributed by atoms with Crippen molar-refractivity contribution in [1.29, 1.82) is 0 Å². The Morgan fingerprint density at radius 1 is 1.22 bits per heavy atom. The number of carbonyl (C=O) groups excluding carboxylic acids is 1. The third kappa shape index (κ3) is 3.73. The van der Waals surface area contributed by atoms with Crippen LogP contribution in [-0.2, 0) is 11.2 Å².